The zero-order chi connectivity index (χ0) is 25.0. The van der Waals surface area contributed by atoms with Crippen LogP contribution in [0.3, 0.4) is 0 Å². The molecule has 0 fully saturated rings. The Labute approximate surface area is 218 Å². The van der Waals surface area contributed by atoms with Gasteiger partial charge in [-0.3, -0.25) is 0 Å². The molecule has 0 aromatic heterocycles. The maximum atomic E-state index is 2.34. The Morgan fingerprint density at radius 3 is 1.46 bits per heavy atom. The predicted molar refractivity (Wildman–Crippen MR) is 159 cm³/mol. The smallest absolute Gasteiger partial charge is 0.0540 e. The van der Waals surface area contributed by atoms with Crippen molar-refractivity contribution in [3.05, 3.63) is 152 Å². The number of nitrogens with zero attached hydrogens (tertiary/aromatic N) is 2. The highest BCUT2D eigenvalue weighted by Crippen LogP contribution is 2.41. The molecule has 0 saturated carbocycles. The van der Waals surface area contributed by atoms with Crippen LogP contribution in [0.1, 0.15) is 0 Å². The Bertz CT molecular complexity index is 1590. The molecule has 0 N–H and O–H groups in total. The van der Waals surface area contributed by atoms with E-state index in [0.717, 1.165) is 22.7 Å². The van der Waals surface area contributed by atoms with Gasteiger partial charge in [-0.1, -0.05) is 103 Å². The van der Waals surface area contributed by atoms with E-state index in [1.165, 1.54) is 27.6 Å². The van der Waals surface area contributed by atoms with E-state index in [1.807, 2.05) is 0 Å². The van der Waals surface area contributed by atoms with Gasteiger partial charge in [-0.2, -0.15) is 0 Å². The van der Waals surface area contributed by atoms with E-state index in [1.54, 1.807) is 0 Å². The van der Waals surface area contributed by atoms with Crippen LogP contribution in [0, 0.1) is 0 Å². The lowest BCUT2D eigenvalue weighted by Crippen LogP contribution is -2.12. The summed E-state index contributed by atoms with van der Waals surface area (Å²) in [6.45, 7) is 0. The Morgan fingerprint density at radius 2 is 0.838 bits per heavy atom. The first kappa shape index (κ1) is 22.6. The molecule has 0 unspecified atom stereocenters. The molecule has 178 valence electrons. The monoisotopic (exact) mass is 476 g/mol. The maximum absolute atomic E-state index is 2.34. The highest BCUT2D eigenvalue weighted by atomic mass is 15.1. The Balaban J connectivity index is 1.47. The minimum absolute atomic E-state index is 1.13. The standard InChI is InChI=1S/C35H28N2/c1-36(31-21-11-16-28(26-31)27-14-5-2-6-15-27)34-24-12-23-33-32(34)22-13-25-35(33)37(29-17-7-3-8-18-29)30-19-9-4-10-20-30/h2-26H,1H3. The van der Waals surface area contributed by atoms with Crippen molar-refractivity contribution in [1.82, 2.24) is 0 Å². The fraction of sp³-hybridized carbons (Fsp3) is 0.0286. The van der Waals surface area contributed by atoms with E-state index in [9.17, 15) is 0 Å². The molecule has 0 aliphatic rings. The van der Waals surface area contributed by atoms with Gasteiger partial charge in [0, 0.05) is 40.6 Å². The largest absolute Gasteiger partial charge is 0.344 e. The van der Waals surface area contributed by atoms with E-state index < -0.39 is 0 Å². The number of hydrogen-bond acceptors (Lipinski definition) is 2. The van der Waals surface area contributed by atoms with Crippen LogP contribution in [-0.2, 0) is 0 Å². The molecule has 37 heavy (non-hydrogen) atoms. The number of para-hydroxylation sites is 2. The van der Waals surface area contributed by atoms with Gasteiger partial charge in [0.25, 0.3) is 0 Å². The van der Waals surface area contributed by atoms with E-state index in [2.05, 4.69) is 169 Å². The molecule has 0 aliphatic carbocycles. The van der Waals surface area contributed by atoms with Crippen LogP contribution in [0.15, 0.2) is 152 Å². The molecule has 6 aromatic carbocycles. The molecule has 0 bridgehead atoms. The maximum Gasteiger partial charge on any atom is 0.0540 e. The lowest BCUT2D eigenvalue weighted by atomic mass is 10.0. The van der Waals surface area contributed by atoms with Crippen LogP contribution < -0.4 is 9.80 Å². The highest BCUT2D eigenvalue weighted by Gasteiger charge is 2.17. The molecule has 0 heterocycles. The van der Waals surface area contributed by atoms with Crippen LogP contribution in [0.25, 0.3) is 21.9 Å². The van der Waals surface area contributed by atoms with Crippen molar-refractivity contribution in [2.24, 2.45) is 0 Å². The van der Waals surface area contributed by atoms with E-state index in [4.69, 9.17) is 0 Å². The third-order valence-electron chi connectivity index (χ3n) is 6.85. The van der Waals surface area contributed by atoms with Gasteiger partial charge in [-0.25, -0.2) is 0 Å². The first-order valence-electron chi connectivity index (χ1n) is 12.6. The van der Waals surface area contributed by atoms with Crippen LogP contribution in [0.2, 0.25) is 0 Å². The van der Waals surface area contributed by atoms with Crippen LogP contribution in [0.5, 0.6) is 0 Å². The van der Waals surface area contributed by atoms with Crippen molar-refractivity contribution in [3.8, 4) is 11.1 Å². The number of rotatable bonds is 6. The molecule has 6 aromatic rings. The SMILES string of the molecule is CN(c1cccc(-c2ccccc2)c1)c1cccc2c(N(c3ccccc3)c3ccccc3)cccc12. The fourth-order valence-corrected chi connectivity index (χ4v) is 5.01. The van der Waals surface area contributed by atoms with Crippen LogP contribution >= 0.6 is 0 Å². The highest BCUT2D eigenvalue weighted by molar-refractivity contribution is 6.05. The number of anilines is 5. The van der Waals surface area contributed by atoms with E-state index in [0.29, 0.717) is 0 Å². The third-order valence-corrected chi connectivity index (χ3v) is 6.85. The van der Waals surface area contributed by atoms with Crippen molar-refractivity contribution in [1.29, 1.82) is 0 Å². The fourth-order valence-electron chi connectivity index (χ4n) is 5.01. The first-order valence-corrected chi connectivity index (χ1v) is 12.6. The molecule has 6 rings (SSSR count). The van der Waals surface area contributed by atoms with Gasteiger partial charge in [-0.15, -0.1) is 0 Å². The summed E-state index contributed by atoms with van der Waals surface area (Å²) < 4.78 is 0. The Morgan fingerprint density at radius 1 is 0.378 bits per heavy atom. The number of hydrogen-bond donors (Lipinski definition) is 0. The van der Waals surface area contributed by atoms with Crippen molar-refractivity contribution < 1.29 is 0 Å². The second kappa shape index (κ2) is 10.0. The summed E-state index contributed by atoms with van der Waals surface area (Å²) in [5.41, 5.74) is 8.19. The lowest BCUT2D eigenvalue weighted by Gasteiger charge is -2.28. The molecule has 0 aliphatic heterocycles. The lowest BCUT2D eigenvalue weighted by molar-refractivity contribution is 1.22. The first-order chi connectivity index (χ1) is 18.3. The van der Waals surface area contributed by atoms with Gasteiger partial charge in [0.2, 0.25) is 0 Å². The summed E-state index contributed by atoms with van der Waals surface area (Å²) in [5, 5.41) is 2.42. The molecular formula is C35H28N2. The van der Waals surface area contributed by atoms with Gasteiger partial charge < -0.3 is 9.80 Å². The molecule has 2 heteroatoms. The zero-order valence-corrected chi connectivity index (χ0v) is 20.8. The normalized spacial score (nSPS) is 10.8. The molecule has 2 nitrogen and oxygen atoms in total. The van der Waals surface area contributed by atoms with Crippen LogP contribution in [-0.4, -0.2) is 7.05 Å². The van der Waals surface area contributed by atoms with Crippen LogP contribution in [0.4, 0.5) is 28.4 Å². The van der Waals surface area contributed by atoms with Gasteiger partial charge in [0.1, 0.15) is 0 Å². The average molecular weight is 477 g/mol. The van der Waals surface area contributed by atoms with Gasteiger partial charge in [0.05, 0.1) is 5.69 Å². The Kier molecular flexibility index (Phi) is 6.14. The van der Waals surface area contributed by atoms with Crippen molar-refractivity contribution in [2.45, 2.75) is 0 Å². The summed E-state index contributed by atoms with van der Waals surface area (Å²) >= 11 is 0. The van der Waals surface area contributed by atoms with Gasteiger partial charge in [0.15, 0.2) is 0 Å². The average Bonchev–Trinajstić information content (AvgIpc) is 2.98. The minimum Gasteiger partial charge on any atom is -0.344 e. The predicted octanol–water partition coefficient (Wildman–Crippen LogP) is 9.74. The molecule has 0 spiro atoms. The third kappa shape index (κ3) is 4.46. The summed E-state index contributed by atoms with van der Waals surface area (Å²) in [7, 11) is 2.15. The van der Waals surface area contributed by atoms with Crippen molar-refractivity contribution in [2.75, 3.05) is 16.8 Å². The molecular weight excluding hydrogens is 448 g/mol. The minimum atomic E-state index is 1.13. The van der Waals surface area contributed by atoms with Crippen molar-refractivity contribution in [3.63, 3.8) is 0 Å². The molecule has 0 saturated heterocycles. The second-order valence-electron chi connectivity index (χ2n) is 9.13. The zero-order valence-electron chi connectivity index (χ0n) is 20.8. The Hall–Kier alpha value is -4.82. The molecule has 0 radical (unpaired) electrons. The van der Waals surface area contributed by atoms with E-state index in [-0.39, 0.29) is 0 Å². The van der Waals surface area contributed by atoms with Gasteiger partial charge >= 0.3 is 0 Å². The summed E-state index contributed by atoms with van der Waals surface area (Å²) in [5.74, 6) is 0. The van der Waals surface area contributed by atoms with Crippen molar-refractivity contribution >= 4 is 39.2 Å². The molecule has 0 amide bonds. The number of fused-ring (bicyclic) bond motifs is 1. The van der Waals surface area contributed by atoms with E-state index >= 15 is 0 Å². The second-order valence-corrected chi connectivity index (χ2v) is 9.13. The quantitative estimate of drug-likeness (QED) is 0.236. The summed E-state index contributed by atoms with van der Waals surface area (Å²) in [4.78, 5) is 4.62. The summed E-state index contributed by atoms with van der Waals surface area (Å²) in [6, 6.07) is 53.6. The number of benzene rings is 6. The van der Waals surface area contributed by atoms with Gasteiger partial charge in [-0.05, 0) is 59.7 Å². The molecule has 0 atom stereocenters. The topological polar surface area (TPSA) is 6.48 Å². The summed E-state index contributed by atoms with van der Waals surface area (Å²) in [6.07, 6.45) is 0.